The van der Waals surface area contributed by atoms with E-state index < -0.39 is 16.8 Å². The van der Waals surface area contributed by atoms with E-state index in [0.717, 1.165) is 17.7 Å². The van der Waals surface area contributed by atoms with E-state index >= 15 is 0 Å². The minimum atomic E-state index is -4.57. The lowest BCUT2D eigenvalue weighted by Gasteiger charge is -2.11. The van der Waals surface area contributed by atoms with E-state index in [1.807, 2.05) is 0 Å². The van der Waals surface area contributed by atoms with Gasteiger partial charge in [0.25, 0.3) is 5.91 Å². The Balaban J connectivity index is 1.53. The molecule has 1 heterocycles. The van der Waals surface area contributed by atoms with Gasteiger partial charge in [-0.05, 0) is 54.9 Å². The summed E-state index contributed by atoms with van der Waals surface area (Å²) in [5.41, 5.74) is 0.442. The van der Waals surface area contributed by atoms with Crippen LogP contribution in [0, 0.1) is 0 Å². The van der Waals surface area contributed by atoms with Gasteiger partial charge < -0.3 is 15.4 Å². The van der Waals surface area contributed by atoms with Crippen molar-refractivity contribution in [3.8, 4) is 11.5 Å². The van der Waals surface area contributed by atoms with E-state index in [9.17, 15) is 22.8 Å². The Morgan fingerprint density at radius 1 is 0.972 bits per heavy atom. The summed E-state index contributed by atoms with van der Waals surface area (Å²) in [6.45, 7) is 1.11. The molecule has 1 amide bonds. The van der Waals surface area contributed by atoms with Crippen molar-refractivity contribution in [2.45, 2.75) is 25.4 Å². The summed E-state index contributed by atoms with van der Waals surface area (Å²) in [6.07, 6.45) is -2.57. The number of nitrogens with zero attached hydrogens (tertiary/aromatic N) is 1. The predicted molar refractivity (Wildman–Crippen MR) is 130 cm³/mol. The number of likely N-dealkylation sites (N-methyl/N-ethyl adjacent to an activating group) is 1. The summed E-state index contributed by atoms with van der Waals surface area (Å²) in [7, 11) is 1.79. The van der Waals surface area contributed by atoms with Gasteiger partial charge in [-0.15, -0.1) is 0 Å². The Hall–Kier alpha value is -3.43. The van der Waals surface area contributed by atoms with Crippen LogP contribution in [0.15, 0.2) is 60.8 Å². The number of pyridine rings is 1. The molecular formula is C26H25ClF3N3O3. The zero-order valence-corrected chi connectivity index (χ0v) is 20.2. The number of aromatic nitrogens is 1. The Morgan fingerprint density at radius 2 is 1.69 bits per heavy atom. The van der Waals surface area contributed by atoms with E-state index in [4.69, 9.17) is 16.3 Å². The van der Waals surface area contributed by atoms with Crippen LogP contribution >= 0.6 is 11.6 Å². The maximum absolute atomic E-state index is 13.0. The Morgan fingerprint density at radius 3 is 2.39 bits per heavy atom. The molecule has 3 aromatic rings. The maximum Gasteiger partial charge on any atom is 0.417 e. The smallest absolute Gasteiger partial charge is 0.417 e. The fraction of sp³-hybridized carbons (Fsp3) is 0.269. The summed E-state index contributed by atoms with van der Waals surface area (Å²) >= 11 is 5.63. The molecule has 36 heavy (non-hydrogen) atoms. The van der Waals surface area contributed by atoms with Crippen LogP contribution in [0.1, 0.15) is 33.6 Å². The van der Waals surface area contributed by atoms with Gasteiger partial charge in [-0.1, -0.05) is 29.8 Å². The number of ether oxygens (including phenoxy) is 1. The van der Waals surface area contributed by atoms with Crippen LogP contribution in [0.4, 0.5) is 13.2 Å². The molecule has 1 aromatic heterocycles. The number of rotatable bonds is 11. The average Bonchev–Trinajstić information content (AvgIpc) is 2.84. The van der Waals surface area contributed by atoms with Crippen molar-refractivity contribution in [2.75, 3.05) is 20.1 Å². The highest BCUT2D eigenvalue weighted by molar-refractivity contribution is 6.31. The standard InChI is InChI=1S/C26H25ClF3N3O3/c1-31-12-13-33-25(35)24-16-21(10-11-32-24)36-20-7-3-17(4-8-20)2-6-19(34)14-18-5-9-23(27)22(15-18)26(28,29)30/h3-5,7-11,15-16,31H,2,6,12-14H2,1H3,(H,33,35). The van der Waals surface area contributed by atoms with Crippen LogP contribution in [-0.2, 0) is 23.8 Å². The van der Waals surface area contributed by atoms with Gasteiger partial charge in [0.05, 0.1) is 10.6 Å². The van der Waals surface area contributed by atoms with Gasteiger partial charge in [-0.3, -0.25) is 14.6 Å². The van der Waals surface area contributed by atoms with E-state index in [2.05, 4.69) is 15.6 Å². The minimum Gasteiger partial charge on any atom is -0.457 e. The zero-order valence-electron chi connectivity index (χ0n) is 19.5. The van der Waals surface area contributed by atoms with E-state index in [1.165, 1.54) is 12.3 Å². The number of carbonyl (C=O) groups excluding carboxylic acids is 2. The zero-order chi connectivity index (χ0) is 26.1. The van der Waals surface area contributed by atoms with Gasteiger partial charge in [-0.25, -0.2) is 0 Å². The fourth-order valence-electron chi connectivity index (χ4n) is 3.35. The van der Waals surface area contributed by atoms with Crippen molar-refractivity contribution in [1.82, 2.24) is 15.6 Å². The molecule has 0 bridgehead atoms. The molecular weight excluding hydrogens is 495 g/mol. The molecule has 2 N–H and O–H groups in total. The van der Waals surface area contributed by atoms with Gasteiger partial charge in [-0.2, -0.15) is 13.2 Å². The monoisotopic (exact) mass is 519 g/mol. The molecule has 190 valence electrons. The second kappa shape index (κ2) is 12.5. The number of ketones is 1. The molecule has 10 heteroatoms. The van der Waals surface area contributed by atoms with Crippen LogP contribution in [0.25, 0.3) is 0 Å². The lowest BCUT2D eigenvalue weighted by molar-refractivity contribution is -0.137. The quantitative estimate of drug-likeness (QED) is 0.339. The number of carbonyl (C=O) groups is 2. The summed E-state index contributed by atoms with van der Waals surface area (Å²) in [6, 6.07) is 13.8. The lowest BCUT2D eigenvalue weighted by Crippen LogP contribution is -2.30. The summed E-state index contributed by atoms with van der Waals surface area (Å²) in [4.78, 5) is 28.5. The molecule has 2 aromatic carbocycles. The van der Waals surface area contributed by atoms with Gasteiger partial charge >= 0.3 is 6.18 Å². The molecule has 0 fully saturated rings. The molecule has 3 rings (SSSR count). The van der Waals surface area contributed by atoms with Gasteiger partial charge in [0.2, 0.25) is 0 Å². The largest absolute Gasteiger partial charge is 0.457 e. The van der Waals surface area contributed by atoms with Crippen LogP contribution in [-0.4, -0.2) is 36.8 Å². The number of aryl methyl sites for hydroxylation is 1. The number of nitrogens with one attached hydrogen (secondary N) is 2. The number of hydrogen-bond acceptors (Lipinski definition) is 5. The molecule has 0 atom stereocenters. The first-order valence-electron chi connectivity index (χ1n) is 11.2. The highest BCUT2D eigenvalue weighted by atomic mass is 35.5. The van der Waals surface area contributed by atoms with Crippen molar-refractivity contribution in [3.05, 3.63) is 88.2 Å². The summed E-state index contributed by atoms with van der Waals surface area (Å²) in [5.74, 6) is 0.513. The molecule has 0 aliphatic carbocycles. The number of benzene rings is 2. The molecule has 0 aliphatic rings. The fourth-order valence-corrected chi connectivity index (χ4v) is 3.57. The minimum absolute atomic E-state index is 0.103. The van der Waals surface area contributed by atoms with Gasteiger partial charge in [0.1, 0.15) is 23.0 Å². The normalized spacial score (nSPS) is 11.2. The SMILES string of the molecule is CNCCNC(=O)c1cc(Oc2ccc(CCC(=O)Cc3ccc(Cl)c(C(F)(F)F)c3)cc2)ccn1. The van der Waals surface area contributed by atoms with Crippen molar-refractivity contribution in [3.63, 3.8) is 0 Å². The van der Waals surface area contributed by atoms with Crippen LogP contribution < -0.4 is 15.4 Å². The predicted octanol–water partition coefficient (Wildman–Crippen LogP) is 5.24. The van der Waals surface area contributed by atoms with Crippen LogP contribution in [0.5, 0.6) is 11.5 Å². The number of hydrogen-bond donors (Lipinski definition) is 2. The first-order valence-corrected chi connectivity index (χ1v) is 11.6. The van der Waals surface area contributed by atoms with Crippen LogP contribution in [0.3, 0.4) is 0 Å². The molecule has 0 radical (unpaired) electrons. The van der Waals surface area contributed by atoms with Crippen molar-refractivity contribution < 1.29 is 27.5 Å². The van der Waals surface area contributed by atoms with E-state index in [1.54, 1.807) is 43.4 Å². The van der Waals surface area contributed by atoms with Crippen molar-refractivity contribution >= 4 is 23.3 Å². The lowest BCUT2D eigenvalue weighted by atomic mass is 10.0. The Bertz CT molecular complexity index is 1200. The summed E-state index contributed by atoms with van der Waals surface area (Å²) < 4.78 is 44.8. The topological polar surface area (TPSA) is 80.3 Å². The van der Waals surface area contributed by atoms with Crippen LogP contribution in [0.2, 0.25) is 5.02 Å². The molecule has 0 aliphatic heterocycles. The number of Topliss-reactive ketones (excluding diaryl/α,β-unsaturated/α-hetero) is 1. The molecule has 0 spiro atoms. The highest BCUT2D eigenvalue weighted by Gasteiger charge is 2.33. The number of halogens is 4. The van der Waals surface area contributed by atoms with E-state index in [-0.39, 0.29) is 35.8 Å². The first kappa shape index (κ1) is 27.2. The second-order valence-corrected chi connectivity index (χ2v) is 8.42. The molecule has 0 saturated carbocycles. The highest BCUT2D eigenvalue weighted by Crippen LogP contribution is 2.35. The van der Waals surface area contributed by atoms with Gasteiger partial charge in [0.15, 0.2) is 0 Å². The van der Waals surface area contributed by atoms with Crippen molar-refractivity contribution in [2.24, 2.45) is 0 Å². The average molecular weight is 520 g/mol. The summed E-state index contributed by atoms with van der Waals surface area (Å²) in [5, 5.41) is 5.29. The third-order valence-electron chi connectivity index (χ3n) is 5.21. The Labute approximate surface area is 211 Å². The molecule has 0 saturated heterocycles. The number of alkyl halides is 3. The number of amides is 1. The van der Waals surface area contributed by atoms with Crippen molar-refractivity contribution in [1.29, 1.82) is 0 Å². The third kappa shape index (κ3) is 8.07. The van der Waals surface area contributed by atoms with Gasteiger partial charge in [0, 0.05) is 38.2 Å². The molecule has 0 unspecified atom stereocenters. The maximum atomic E-state index is 13.0. The molecule has 6 nitrogen and oxygen atoms in total. The third-order valence-corrected chi connectivity index (χ3v) is 5.54. The van der Waals surface area contributed by atoms with E-state index in [0.29, 0.717) is 31.0 Å². The second-order valence-electron chi connectivity index (χ2n) is 8.01. The Kier molecular flexibility index (Phi) is 9.44. The first-order chi connectivity index (χ1) is 17.2.